The topological polar surface area (TPSA) is 139 Å². The number of furan rings is 1. The van der Waals surface area contributed by atoms with E-state index in [1.807, 2.05) is 24.3 Å². The van der Waals surface area contributed by atoms with Crippen molar-refractivity contribution in [2.45, 2.75) is 53.4 Å². The van der Waals surface area contributed by atoms with E-state index in [2.05, 4.69) is 15.0 Å². The fourth-order valence-electron chi connectivity index (χ4n) is 4.19. The van der Waals surface area contributed by atoms with Gasteiger partial charge in [-0.15, -0.1) is 0 Å². The number of hydrogen-bond acceptors (Lipinski definition) is 8. The van der Waals surface area contributed by atoms with E-state index in [-0.39, 0.29) is 42.0 Å². The van der Waals surface area contributed by atoms with Gasteiger partial charge >= 0.3 is 12.7 Å². The van der Waals surface area contributed by atoms with Gasteiger partial charge in [0.2, 0.25) is 5.89 Å². The summed E-state index contributed by atoms with van der Waals surface area (Å²) in [4.78, 5) is 30.0. The van der Waals surface area contributed by atoms with Crippen molar-refractivity contribution in [2.75, 3.05) is 6.61 Å². The summed E-state index contributed by atoms with van der Waals surface area (Å²) in [6, 6.07) is 11.5. The zero-order chi connectivity index (χ0) is 29.9. The standard InChI is InChI=1S/C29H31F2N3O7/c1-6-37-21-13-16(11-12-20(21)39-26(30)31)25-34-22(23(40-25)29(5,28(2,3)4)41-27(32)36)24(35)33-14-17-15-38-19-10-8-7-9-18(17)19/h7-13,15,26H,6,14H2,1-5H3,(H2,32,36)(H,33,35). The van der Waals surface area contributed by atoms with Crippen LogP contribution in [0.2, 0.25) is 0 Å². The van der Waals surface area contributed by atoms with Crippen LogP contribution in [0.15, 0.2) is 57.6 Å². The van der Waals surface area contributed by atoms with Crippen molar-refractivity contribution < 1.29 is 41.4 Å². The Bertz CT molecular complexity index is 1560. The highest BCUT2D eigenvalue weighted by molar-refractivity contribution is 5.94. The number of amides is 2. The fourth-order valence-corrected chi connectivity index (χ4v) is 4.19. The molecule has 2 aromatic heterocycles. The Morgan fingerprint density at radius 1 is 1.10 bits per heavy atom. The Kier molecular flexibility index (Phi) is 8.22. The van der Waals surface area contributed by atoms with Gasteiger partial charge in [-0.1, -0.05) is 39.0 Å². The van der Waals surface area contributed by atoms with Gasteiger partial charge in [0, 0.05) is 28.5 Å². The normalized spacial score (nSPS) is 13.2. The molecule has 2 amide bonds. The van der Waals surface area contributed by atoms with Crippen molar-refractivity contribution in [3.05, 3.63) is 65.7 Å². The van der Waals surface area contributed by atoms with Crippen LogP contribution < -0.4 is 20.5 Å². The maximum Gasteiger partial charge on any atom is 0.405 e. The molecule has 0 aliphatic heterocycles. The second-order valence-corrected chi connectivity index (χ2v) is 10.3. The van der Waals surface area contributed by atoms with Crippen molar-refractivity contribution >= 4 is 23.0 Å². The minimum Gasteiger partial charge on any atom is -0.490 e. The molecule has 0 aliphatic carbocycles. The second-order valence-electron chi connectivity index (χ2n) is 10.3. The van der Waals surface area contributed by atoms with Gasteiger partial charge in [0.05, 0.1) is 12.9 Å². The number of para-hydroxylation sites is 1. The summed E-state index contributed by atoms with van der Waals surface area (Å²) in [6.45, 7) is 5.80. The van der Waals surface area contributed by atoms with Crippen LogP contribution in [0.1, 0.15) is 56.4 Å². The van der Waals surface area contributed by atoms with E-state index in [1.54, 1.807) is 40.9 Å². The molecule has 0 saturated heterocycles. The quantitative estimate of drug-likeness (QED) is 0.224. The number of carbonyl (C=O) groups is 2. The molecular weight excluding hydrogens is 540 g/mol. The number of alkyl halides is 2. The molecule has 2 aromatic carbocycles. The van der Waals surface area contributed by atoms with Gasteiger partial charge < -0.3 is 34.1 Å². The summed E-state index contributed by atoms with van der Waals surface area (Å²) in [6.07, 6.45) is 0.470. The van der Waals surface area contributed by atoms with Crippen molar-refractivity contribution in [3.63, 3.8) is 0 Å². The number of fused-ring (bicyclic) bond motifs is 1. The van der Waals surface area contributed by atoms with Crippen LogP contribution in [0.4, 0.5) is 13.6 Å². The maximum atomic E-state index is 13.6. The number of rotatable bonds is 10. The van der Waals surface area contributed by atoms with Gasteiger partial charge in [0.15, 0.2) is 28.6 Å². The first-order valence-electron chi connectivity index (χ1n) is 12.8. The molecule has 0 radical (unpaired) electrons. The van der Waals surface area contributed by atoms with Gasteiger partial charge in [-0.2, -0.15) is 8.78 Å². The number of halogens is 2. The molecule has 0 aliphatic rings. The summed E-state index contributed by atoms with van der Waals surface area (Å²) >= 11 is 0. The van der Waals surface area contributed by atoms with E-state index in [0.29, 0.717) is 11.1 Å². The predicted molar refractivity (Wildman–Crippen MR) is 145 cm³/mol. The summed E-state index contributed by atoms with van der Waals surface area (Å²) in [5.74, 6) is -0.883. The molecule has 4 rings (SSSR count). The first-order valence-corrected chi connectivity index (χ1v) is 12.8. The van der Waals surface area contributed by atoms with Crippen molar-refractivity contribution in [3.8, 4) is 23.0 Å². The number of benzene rings is 2. The van der Waals surface area contributed by atoms with Gasteiger partial charge in [-0.3, -0.25) is 4.79 Å². The number of oxazole rings is 1. The zero-order valence-electron chi connectivity index (χ0n) is 23.2. The molecule has 0 bridgehead atoms. The lowest BCUT2D eigenvalue weighted by Crippen LogP contribution is -2.44. The molecule has 3 N–H and O–H groups in total. The Balaban J connectivity index is 1.78. The Morgan fingerprint density at radius 2 is 1.83 bits per heavy atom. The first-order chi connectivity index (χ1) is 19.3. The number of nitrogens with one attached hydrogen (secondary N) is 1. The molecule has 41 heavy (non-hydrogen) atoms. The molecule has 1 unspecified atom stereocenters. The summed E-state index contributed by atoms with van der Waals surface area (Å²) in [5.41, 5.74) is 4.60. The van der Waals surface area contributed by atoms with Gasteiger partial charge in [0.25, 0.3) is 5.91 Å². The van der Waals surface area contributed by atoms with Gasteiger partial charge in [-0.25, -0.2) is 9.78 Å². The molecular formula is C29H31F2N3O7. The largest absolute Gasteiger partial charge is 0.490 e. The molecule has 12 heteroatoms. The molecule has 10 nitrogen and oxygen atoms in total. The van der Waals surface area contributed by atoms with E-state index in [9.17, 15) is 18.4 Å². The van der Waals surface area contributed by atoms with Gasteiger partial charge in [0.1, 0.15) is 5.58 Å². The van der Waals surface area contributed by atoms with Crippen LogP contribution in [0, 0.1) is 5.41 Å². The zero-order valence-corrected chi connectivity index (χ0v) is 23.2. The van der Waals surface area contributed by atoms with Crippen molar-refractivity contribution in [1.82, 2.24) is 10.3 Å². The number of primary amides is 1. The van der Waals surface area contributed by atoms with E-state index >= 15 is 0 Å². The molecule has 0 spiro atoms. The van der Waals surface area contributed by atoms with Crippen LogP contribution in [-0.4, -0.2) is 30.2 Å². The third-order valence-corrected chi connectivity index (χ3v) is 6.72. The van der Waals surface area contributed by atoms with Crippen molar-refractivity contribution in [2.24, 2.45) is 11.1 Å². The summed E-state index contributed by atoms with van der Waals surface area (Å²) in [5, 5.41) is 3.65. The van der Waals surface area contributed by atoms with Gasteiger partial charge in [-0.05, 0) is 38.1 Å². The minimum absolute atomic E-state index is 0.0230. The smallest absolute Gasteiger partial charge is 0.405 e. The third kappa shape index (κ3) is 6.11. The highest BCUT2D eigenvalue weighted by Crippen LogP contribution is 2.45. The second kappa shape index (κ2) is 11.5. The average Bonchev–Trinajstić information content (AvgIpc) is 3.52. The Morgan fingerprint density at radius 3 is 2.49 bits per heavy atom. The van der Waals surface area contributed by atoms with E-state index < -0.39 is 29.6 Å². The maximum absolute atomic E-state index is 13.6. The lowest BCUT2D eigenvalue weighted by atomic mass is 9.75. The van der Waals surface area contributed by atoms with E-state index in [1.165, 1.54) is 18.2 Å². The predicted octanol–water partition coefficient (Wildman–Crippen LogP) is 6.37. The summed E-state index contributed by atoms with van der Waals surface area (Å²) in [7, 11) is 0. The molecule has 1 atom stereocenters. The highest BCUT2D eigenvalue weighted by Gasteiger charge is 2.49. The number of aromatic nitrogens is 1. The van der Waals surface area contributed by atoms with E-state index in [0.717, 1.165) is 10.9 Å². The number of nitrogens with zero attached hydrogens (tertiary/aromatic N) is 1. The lowest BCUT2D eigenvalue weighted by molar-refractivity contribution is -0.0707. The van der Waals surface area contributed by atoms with E-state index in [4.69, 9.17) is 24.0 Å². The van der Waals surface area contributed by atoms with Crippen LogP contribution in [0.25, 0.3) is 22.4 Å². The summed E-state index contributed by atoms with van der Waals surface area (Å²) < 4.78 is 53.0. The minimum atomic E-state index is -3.06. The SMILES string of the molecule is CCOc1cc(-c2nc(C(=O)NCc3coc4ccccc34)c(C(C)(OC(N)=O)C(C)(C)C)o2)ccc1OC(F)F. The van der Waals surface area contributed by atoms with Crippen LogP contribution in [0.5, 0.6) is 11.5 Å². The Labute approximate surface area is 234 Å². The lowest BCUT2D eigenvalue weighted by Gasteiger charge is -2.38. The van der Waals surface area contributed by atoms with Crippen LogP contribution >= 0.6 is 0 Å². The van der Waals surface area contributed by atoms with Crippen molar-refractivity contribution in [1.29, 1.82) is 0 Å². The van der Waals surface area contributed by atoms with Crippen LogP contribution in [0.3, 0.4) is 0 Å². The first kappa shape index (κ1) is 29.4. The number of hydrogen-bond donors (Lipinski definition) is 2. The fraction of sp³-hybridized carbons (Fsp3) is 0.345. The van der Waals surface area contributed by atoms with Crippen LogP contribution in [-0.2, 0) is 16.9 Å². The third-order valence-electron chi connectivity index (χ3n) is 6.72. The number of ether oxygens (including phenoxy) is 3. The molecule has 2 heterocycles. The Hall–Kier alpha value is -4.61. The number of carbonyl (C=O) groups excluding carboxylic acids is 2. The molecule has 4 aromatic rings. The molecule has 0 saturated carbocycles. The number of nitrogens with two attached hydrogens (primary N) is 1. The molecule has 0 fully saturated rings. The average molecular weight is 572 g/mol. The monoisotopic (exact) mass is 571 g/mol. The highest BCUT2D eigenvalue weighted by atomic mass is 19.3. The molecule has 218 valence electrons.